The first kappa shape index (κ1) is 15.2. The van der Waals surface area contributed by atoms with Gasteiger partial charge in [0.05, 0.1) is 17.6 Å². The Morgan fingerprint density at radius 2 is 1.83 bits per heavy atom. The molecule has 0 bridgehead atoms. The summed E-state index contributed by atoms with van der Waals surface area (Å²) in [6.07, 6.45) is 5.10. The topological polar surface area (TPSA) is 56.5 Å². The Hall–Kier alpha value is -2.38. The van der Waals surface area contributed by atoms with Crippen molar-refractivity contribution in [2.45, 2.75) is 20.8 Å². The number of rotatable bonds is 3. The van der Waals surface area contributed by atoms with Gasteiger partial charge in [0.2, 0.25) is 0 Å². The molecule has 0 aliphatic rings. The number of thiazole rings is 2. The fourth-order valence-electron chi connectivity index (χ4n) is 2.69. The van der Waals surface area contributed by atoms with Crippen molar-refractivity contribution in [3.63, 3.8) is 0 Å². The molecule has 0 spiro atoms. The zero-order chi connectivity index (χ0) is 16.7. The second-order valence-electron chi connectivity index (χ2n) is 5.52. The fourth-order valence-corrected chi connectivity index (χ4v) is 4.38. The predicted molar refractivity (Wildman–Crippen MR) is 97.8 cm³/mol. The molecule has 0 aliphatic heterocycles. The normalized spacial score (nSPS) is 11.1. The summed E-state index contributed by atoms with van der Waals surface area (Å²) in [5.41, 5.74) is 6.25. The first-order valence-corrected chi connectivity index (χ1v) is 9.23. The summed E-state index contributed by atoms with van der Waals surface area (Å²) < 4.78 is 2.19. The first-order chi connectivity index (χ1) is 11.6. The Bertz CT molecular complexity index is 997. The third-order valence-corrected chi connectivity index (χ3v) is 5.60. The number of hydrogen-bond acceptors (Lipinski definition) is 6. The Balaban J connectivity index is 1.77. The maximum atomic E-state index is 4.75. The lowest BCUT2D eigenvalue weighted by Crippen LogP contribution is -1.98. The van der Waals surface area contributed by atoms with E-state index in [-0.39, 0.29) is 0 Å². The molecule has 120 valence electrons. The summed E-state index contributed by atoms with van der Waals surface area (Å²) in [5.74, 6) is 0. The van der Waals surface area contributed by atoms with Crippen LogP contribution in [0.2, 0.25) is 0 Å². The van der Waals surface area contributed by atoms with Gasteiger partial charge in [-0.25, -0.2) is 9.97 Å². The molecule has 24 heavy (non-hydrogen) atoms. The molecule has 5 nitrogen and oxygen atoms in total. The summed E-state index contributed by atoms with van der Waals surface area (Å²) in [7, 11) is 0. The van der Waals surface area contributed by atoms with Crippen molar-refractivity contribution >= 4 is 22.7 Å². The van der Waals surface area contributed by atoms with Gasteiger partial charge in [0.25, 0.3) is 0 Å². The molecule has 4 aromatic heterocycles. The van der Waals surface area contributed by atoms with Crippen LogP contribution in [0.5, 0.6) is 0 Å². The van der Waals surface area contributed by atoms with Gasteiger partial charge >= 0.3 is 0 Å². The van der Waals surface area contributed by atoms with Crippen molar-refractivity contribution in [1.29, 1.82) is 0 Å². The molecular weight excluding hydrogens is 338 g/mol. The molecule has 0 unspecified atom stereocenters. The van der Waals surface area contributed by atoms with E-state index in [0.29, 0.717) is 0 Å². The Labute approximate surface area is 147 Å². The molecule has 0 radical (unpaired) electrons. The summed E-state index contributed by atoms with van der Waals surface area (Å²) in [6.45, 7) is 6.23. The van der Waals surface area contributed by atoms with E-state index in [2.05, 4.69) is 50.2 Å². The van der Waals surface area contributed by atoms with Crippen LogP contribution in [0.1, 0.15) is 17.1 Å². The molecule has 0 aromatic carbocycles. The van der Waals surface area contributed by atoms with Gasteiger partial charge in [0.15, 0.2) is 5.13 Å². The maximum absolute atomic E-state index is 4.75. The second-order valence-corrected chi connectivity index (χ2v) is 7.21. The van der Waals surface area contributed by atoms with E-state index in [1.807, 2.05) is 6.92 Å². The van der Waals surface area contributed by atoms with Crippen molar-refractivity contribution in [2.75, 3.05) is 0 Å². The maximum Gasteiger partial charge on any atom is 0.194 e. The van der Waals surface area contributed by atoms with Gasteiger partial charge in [-0.2, -0.15) is 0 Å². The van der Waals surface area contributed by atoms with Gasteiger partial charge in [0.1, 0.15) is 10.7 Å². The second kappa shape index (κ2) is 5.92. The molecule has 0 atom stereocenters. The van der Waals surface area contributed by atoms with Gasteiger partial charge in [-0.1, -0.05) is 0 Å². The van der Waals surface area contributed by atoms with Crippen LogP contribution < -0.4 is 0 Å². The molecule has 0 N–H and O–H groups in total. The summed E-state index contributed by atoms with van der Waals surface area (Å²) in [6, 6.07) is 2.17. The van der Waals surface area contributed by atoms with Crippen molar-refractivity contribution in [3.05, 3.63) is 52.5 Å². The molecule has 4 aromatic rings. The smallest absolute Gasteiger partial charge is 0.194 e. The van der Waals surface area contributed by atoms with Crippen LogP contribution >= 0.6 is 22.7 Å². The molecule has 0 saturated carbocycles. The van der Waals surface area contributed by atoms with Gasteiger partial charge in [0, 0.05) is 40.1 Å². The first-order valence-electron chi connectivity index (χ1n) is 7.47. The van der Waals surface area contributed by atoms with E-state index in [0.717, 1.165) is 44.2 Å². The minimum Gasteiger partial charge on any atom is -0.294 e. The van der Waals surface area contributed by atoms with Crippen LogP contribution in [0.15, 0.2) is 35.4 Å². The Kier molecular flexibility index (Phi) is 3.74. The summed E-state index contributed by atoms with van der Waals surface area (Å²) in [4.78, 5) is 17.8. The monoisotopic (exact) mass is 353 g/mol. The predicted octanol–water partition coefficient (Wildman–Crippen LogP) is 4.44. The van der Waals surface area contributed by atoms with E-state index in [4.69, 9.17) is 4.98 Å². The molecule has 0 aliphatic carbocycles. The molecule has 0 fully saturated rings. The number of hydrogen-bond donors (Lipinski definition) is 0. The van der Waals surface area contributed by atoms with Gasteiger partial charge in [-0.15, -0.1) is 22.7 Å². The number of aryl methyl sites for hydroxylation is 2. The Morgan fingerprint density at radius 1 is 0.958 bits per heavy atom. The minimum absolute atomic E-state index is 0.804. The highest BCUT2D eigenvalue weighted by Gasteiger charge is 2.17. The number of nitrogens with zero attached hydrogens (tertiary/aromatic N) is 5. The third kappa shape index (κ3) is 2.55. The van der Waals surface area contributed by atoms with Crippen molar-refractivity contribution in [3.8, 4) is 27.1 Å². The minimum atomic E-state index is 0.804. The zero-order valence-electron chi connectivity index (χ0n) is 13.5. The molecule has 0 amide bonds. The van der Waals surface area contributed by atoms with Crippen molar-refractivity contribution in [1.82, 2.24) is 24.5 Å². The van der Waals surface area contributed by atoms with Crippen LogP contribution in [0.25, 0.3) is 27.1 Å². The average molecular weight is 353 g/mol. The Morgan fingerprint density at radius 3 is 2.54 bits per heavy atom. The van der Waals surface area contributed by atoms with Crippen LogP contribution in [-0.4, -0.2) is 24.5 Å². The molecule has 4 rings (SSSR count). The van der Waals surface area contributed by atoms with E-state index >= 15 is 0 Å². The zero-order valence-corrected chi connectivity index (χ0v) is 15.1. The average Bonchev–Trinajstić information content (AvgIpc) is 3.28. The van der Waals surface area contributed by atoms with E-state index in [9.17, 15) is 0 Å². The van der Waals surface area contributed by atoms with Gasteiger partial charge in [-0.3, -0.25) is 14.5 Å². The van der Waals surface area contributed by atoms with Gasteiger partial charge < -0.3 is 0 Å². The molecular formula is C17H15N5S2. The molecule has 4 heterocycles. The fraction of sp³-hybridized carbons (Fsp3) is 0.176. The van der Waals surface area contributed by atoms with Crippen molar-refractivity contribution in [2.24, 2.45) is 0 Å². The highest BCUT2D eigenvalue weighted by molar-refractivity contribution is 7.13. The molecule has 0 saturated heterocycles. The summed E-state index contributed by atoms with van der Waals surface area (Å²) >= 11 is 3.24. The van der Waals surface area contributed by atoms with Crippen molar-refractivity contribution < 1.29 is 0 Å². The summed E-state index contributed by atoms with van der Waals surface area (Å²) in [5, 5.41) is 6.03. The lowest BCUT2D eigenvalue weighted by atomic mass is 10.2. The lowest BCUT2D eigenvalue weighted by molar-refractivity contribution is 0.943. The van der Waals surface area contributed by atoms with Crippen LogP contribution in [-0.2, 0) is 0 Å². The number of aromatic nitrogens is 5. The third-order valence-electron chi connectivity index (χ3n) is 3.79. The quantitative estimate of drug-likeness (QED) is 0.546. The standard InChI is InChI=1S/C17H15N5S2/c1-10-8-24-17(20-10)22-11(2)6-13(12(22)3)15-9-23-16(21-15)14-7-18-4-5-19-14/h4-9H,1-3H3. The van der Waals surface area contributed by atoms with E-state index in [1.54, 1.807) is 41.3 Å². The van der Waals surface area contributed by atoms with Gasteiger partial charge in [-0.05, 0) is 26.8 Å². The highest BCUT2D eigenvalue weighted by atomic mass is 32.1. The van der Waals surface area contributed by atoms with E-state index < -0.39 is 0 Å². The largest absolute Gasteiger partial charge is 0.294 e. The van der Waals surface area contributed by atoms with Crippen LogP contribution in [0, 0.1) is 20.8 Å². The highest BCUT2D eigenvalue weighted by Crippen LogP contribution is 2.33. The van der Waals surface area contributed by atoms with Crippen LogP contribution in [0.3, 0.4) is 0 Å². The SMILES string of the molecule is Cc1csc(-n2c(C)cc(-c3csc(-c4cnccn4)n3)c2C)n1. The molecule has 7 heteroatoms. The lowest BCUT2D eigenvalue weighted by Gasteiger charge is -2.05. The van der Waals surface area contributed by atoms with E-state index in [1.165, 1.54) is 0 Å². The van der Waals surface area contributed by atoms with Crippen LogP contribution in [0.4, 0.5) is 0 Å².